The zero-order chi connectivity index (χ0) is 38.0. The number of cyclic esters (lactones) is 1. The molecule has 0 spiro atoms. The quantitative estimate of drug-likeness (QED) is 0.0967. The van der Waals surface area contributed by atoms with E-state index >= 15 is 0 Å². The number of fused-ring (bicyclic) bond motifs is 1. The van der Waals surface area contributed by atoms with Gasteiger partial charge in [0.15, 0.2) is 0 Å². The van der Waals surface area contributed by atoms with Crippen LogP contribution in [0.1, 0.15) is 38.2 Å². The van der Waals surface area contributed by atoms with Crippen LogP contribution in [0.5, 0.6) is 17.2 Å². The standard InChI is InChI=1S/C31H24N2O5S.C14H12O2/c1-36-24-14-10-23(11-15-24)31(35)26(29(30(34)38-31)22-9-16-27-28(18-22)33-39-32-27)17-20-7-12-25(13-8-20)37-19-21-5-3-2-4-6-21;15-10-12-6-8-14(9-7-12)16-11-13-4-2-1-3-5-13/h2-16,18,35H,17,19H2,1H3;1-10H,11H2. The molecule has 55 heavy (non-hydrogen) atoms. The monoisotopic (exact) mass is 748 g/mol. The van der Waals surface area contributed by atoms with E-state index < -0.39 is 11.8 Å². The number of carbonyl (C=O) groups excluding carboxylic acids is 2. The molecule has 1 aliphatic heterocycles. The summed E-state index contributed by atoms with van der Waals surface area (Å²) in [7, 11) is 1.57. The molecule has 1 N–H and O–H groups in total. The van der Waals surface area contributed by atoms with Crippen LogP contribution in [0.4, 0.5) is 0 Å². The molecule has 0 saturated heterocycles. The third kappa shape index (κ3) is 8.79. The molecule has 8 rings (SSSR count). The van der Waals surface area contributed by atoms with Crippen molar-refractivity contribution in [2.24, 2.45) is 0 Å². The van der Waals surface area contributed by atoms with Gasteiger partial charge in [0.1, 0.15) is 47.8 Å². The van der Waals surface area contributed by atoms with Crippen LogP contribution in [0.3, 0.4) is 0 Å². The first-order valence-electron chi connectivity index (χ1n) is 17.5. The second-order valence-corrected chi connectivity index (χ2v) is 13.2. The number of benzene rings is 6. The number of esters is 1. The van der Waals surface area contributed by atoms with Crippen LogP contribution in [0.25, 0.3) is 16.6 Å². The number of hydrogen-bond donors (Lipinski definition) is 1. The zero-order valence-corrected chi connectivity index (χ0v) is 30.6. The number of ether oxygens (including phenoxy) is 4. The summed E-state index contributed by atoms with van der Waals surface area (Å²) in [6.07, 6.45) is 1.09. The highest BCUT2D eigenvalue weighted by Gasteiger charge is 2.48. The fourth-order valence-electron chi connectivity index (χ4n) is 6.06. The lowest BCUT2D eigenvalue weighted by atomic mass is 9.88. The Hall–Kier alpha value is -6.62. The van der Waals surface area contributed by atoms with Crippen molar-refractivity contribution in [1.29, 1.82) is 0 Å². The SMILES string of the molecule is COc1ccc(C2(O)OC(=O)C(c3ccc4nsnc4c3)=C2Cc2ccc(OCc3ccccc3)cc2)cc1.O=Cc1ccc(OCc2ccccc2)cc1. The topological polar surface area (TPSA) is 117 Å². The Kier molecular flexibility index (Phi) is 11.4. The minimum atomic E-state index is -1.95. The van der Waals surface area contributed by atoms with E-state index in [1.807, 2.05) is 91.0 Å². The molecule has 6 aromatic carbocycles. The molecule has 9 nitrogen and oxygen atoms in total. The summed E-state index contributed by atoms with van der Waals surface area (Å²) < 4.78 is 31.0. The molecule has 0 radical (unpaired) electrons. The number of carbonyl (C=O) groups is 2. The molecule has 0 saturated carbocycles. The van der Waals surface area contributed by atoms with Crippen molar-refractivity contribution in [3.8, 4) is 17.2 Å². The van der Waals surface area contributed by atoms with E-state index in [1.54, 1.807) is 67.8 Å². The van der Waals surface area contributed by atoms with Gasteiger partial charge in [0.2, 0.25) is 0 Å². The Balaban J connectivity index is 0.000000243. The van der Waals surface area contributed by atoms with E-state index in [4.69, 9.17) is 18.9 Å². The Bertz CT molecular complexity index is 2400. The summed E-state index contributed by atoms with van der Waals surface area (Å²) in [6.45, 7) is 1.00. The van der Waals surface area contributed by atoms with Crippen LogP contribution in [0.2, 0.25) is 0 Å². The summed E-state index contributed by atoms with van der Waals surface area (Å²) in [5.41, 5.74) is 6.97. The maximum Gasteiger partial charge on any atom is 0.342 e. The highest BCUT2D eigenvalue weighted by molar-refractivity contribution is 7.00. The average Bonchev–Trinajstić information content (AvgIpc) is 3.82. The van der Waals surface area contributed by atoms with Crippen LogP contribution >= 0.6 is 11.7 Å². The van der Waals surface area contributed by atoms with Crippen molar-refractivity contribution in [3.63, 3.8) is 0 Å². The maximum atomic E-state index is 13.3. The summed E-state index contributed by atoms with van der Waals surface area (Å²) >= 11 is 1.11. The molecule has 1 aromatic heterocycles. The van der Waals surface area contributed by atoms with Gasteiger partial charge in [-0.15, -0.1) is 0 Å². The van der Waals surface area contributed by atoms with E-state index in [0.717, 1.165) is 51.7 Å². The lowest BCUT2D eigenvalue weighted by molar-refractivity contribution is -0.185. The minimum Gasteiger partial charge on any atom is -0.497 e. The molecule has 274 valence electrons. The van der Waals surface area contributed by atoms with Crippen LogP contribution in [-0.4, -0.2) is 33.2 Å². The predicted molar refractivity (Wildman–Crippen MR) is 211 cm³/mol. The molecule has 1 aliphatic rings. The van der Waals surface area contributed by atoms with Gasteiger partial charge in [0, 0.05) is 23.1 Å². The highest BCUT2D eigenvalue weighted by atomic mass is 32.1. The summed E-state index contributed by atoms with van der Waals surface area (Å²) in [5.74, 6) is -0.424. The fourth-order valence-corrected chi connectivity index (χ4v) is 6.58. The third-order valence-electron chi connectivity index (χ3n) is 9.00. The number of hydrogen-bond acceptors (Lipinski definition) is 10. The van der Waals surface area contributed by atoms with E-state index in [0.29, 0.717) is 52.3 Å². The van der Waals surface area contributed by atoms with E-state index in [-0.39, 0.29) is 6.42 Å². The summed E-state index contributed by atoms with van der Waals surface area (Å²) in [6, 6.07) is 46.9. The number of methoxy groups -OCH3 is 1. The number of aldehydes is 1. The predicted octanol–water partition coefficient (Wildman–Crippen LogP) is 8.76. The van der Waals surface area contributed by atoms with Crippen molar-refractivity contribution in [1.82, 2.24) is 8.75 Å². The van der Waals surface area contributed by atoms with Crippen molar-refractivity contribution in [2.75, 3.05) is 7.11 Å². The van der Waals surface area contributed by atoms with Gasteiger partial charge in [-0.05, 0) is 95.1 Å². The van der Waals surface area contributed by atoms with Crippen molar-refractivity contribution in [3.05, 3.63) is 191 Å². The van der Waals surface area contributed by atoms with Gasteiger partial charge in [0.25, 0.3) is 5.79 Å². The van der Waals surface area contributed by atoms with Gasteiger partial charge in [-0.25, -0.2) is 4.79 Å². The molecular weight excluding hydrogens is 713 g/mol. The van der Waals surface area contributed by atoms with Crippen molar-refractivity contribution >= 4 is 40.6 Å². The first-order chi connectivity index (χ1) is 26.9. The number of aliphatic hydroxyl groups is 1. The van der Waals surface area contributed by atoms with Crippen molar-refractivity contribution < 1.29 is 33.6 Å². The maximum absolute atomic E-state index is 13.3. The molecular formula is C45H36N2O7S. The van der Waals surface area contributed by atoms with E-state index in [9.17, 15) is 14.7 Å². The van der Waals surface area contributed by atoms with Gasteiger partial charge in [-0.1, -0.05) is 78.9 Å². The molecule has 0 fully saturated rings. The van der Waals surface area contributed by atoms with Gasteiger partial charge >= 0.3 is 5.97 Å². The second-order valence-electron chi connectivity index (χ2n) is 12.6. The first-order valence-corrected chi connectivity index (χ1v) is 18.2. The number of rotatable bonds is 12. The van der Waals surface area contributed by atoms with Crippen LogP contribution in [-0.2, 0) is 35.0 Å². The molecule has 1 unspecified atom stereocenters. The molecule has 7 aromatic rings. The molecule has 0 bridgehead atoms. The highest BCUT2D eigenvalue weighted by Crippen LogP contribution is 2.45. The molecule has 0 amide bonds. The molecule has 1 atom stereocenters. The lowest BCUT2D eigenvalue weighted by Gasteiger charge is -2.26. The Morgan fingerprint density at radius 3 is 1.82 bits per heavy atom. The van der Waals surface area contributed by atoms with E-state index in [1.165, 1.54) is 0 Å². The summed E-state index contributed by atoms with van der Waals surface area (Å²) in [5, 5.41) is 11.9. The van der Waals surface area contributed by atoms with Gasteiger partial charge < -0.3 is 24.1 Å². The van der Waals surface area contributed by atoms with Crippen LogP contribution in [0.15, 0.2) is 157 Å². The second kappa shape index (κ2) is 17.0. The minimum absolute atomic E-state index is 0.274. The molecule has 2 heterocycles. The van der Waals surface area contributed by atoms with Crippen LogP contribution in [0, 0.1) is 0 Å². The fraction of sp³-hybridized carbons (Fsp3) is 0.111. The summed E-state index contributed by atoms with van der Waals surface area (Å²) in [4.78, 5) is 23.8. The molecule has 10 heteroatoms. The van der Waals surface area contributed by atoms with Crippen molar-refractivity contribution in [2.45, 2.75) is 25.4 Å². The lowest BCUT2D eigenvalue weighted by Crippen LogP contribution is -2.29. The van der Waals surface area contributed by atoms with Gasteiger partial charge in [-0.3, -0.25) is 4.79 Å². The Morgan fingerprint density at radius 1 is 0.673 bits per heavy atom. The third-order valence-corrected chi connectivity index (χ3v) is 9.55. The Morgan fingerprint density at radius 2 is 1.24 bits per heavy atom. The zero-order valence-electron chi connectivity index (χ0n) is 29.8. The largest absolute Gasteiger partial charge is 0.497 e. The van der Waals surface area contributed by atoms with Gasteiger partial charge in [0.05, 0.1) is 24.4 Å². The Labute approximate surface area is 322 Å². The van der Waals surface area contributed by atoms with Crippen LogP contribution < -0.4 is 14.2 Å². The first kappa shape index (κ1) is 36.7. The normalized spacial score (nSPS) is 14.8. The van der Waals surface area contributed by atoms with E-state index in [2.05, 4.69) is 8.75 Å². The number of nitrogens with zero attached hydrogens (tertiary/aromatic N) is 2. The smallest absolute Gasteiger partial charge is 0.342 e. The molecule has 0 aliphatic carbocycles. The number of aromatic nitrogens is 2. The van der Waals surface area contributed by atoms with Gasteiger partial charge in [-0.2, -0.15) is 8.75 Å². The average molecular weight is 749 g/mol.